The van der Waals surface area contributed by atoms with E-state index in [1.807, 2.05) is 0 Å². The Balaban J connectivity index is 0.00000280. The Kier molecular flexibility index (Phi) is 7.44. The van der Waals surface area contributed by atoms with Crippen LogP contribution in [0.3, 0.4) is 0 Å². The van der Waals surface area contributed by atoms with Gasteiger partial charge >= 0.3 is 5.97 Å². The minimum Gasteiger partial charge on any atom is -0.465 e. The van der Waals surface area contributed by atoms with Crippen molar-refractivity contribution in [3.05, 3.63) is 29.3 Å². The van der Waals surface area contributed by atoms with E-state index in [1.54, 1.807) is 17.9 Å². The fraction of sp³-hybridized carbons (Fsp3) is 0.556. The second-order valence-electron chi connectivity index (χ2n) is 6.89. The van der Waals surface area contributed by atoms with Gasteiger partial charge in [0.15, 0.2) is 0 Å². The first-order chi connectivity index (χ1) is 12.8. The number of halogens is 1. The number of ether oxygens (including phenoxy) is 1. The number of piperidine rings is 1. The van der Waals surface area contributed by atoms with Crippen LogP contribution in [0.15, 0.2) is 23.1 Å². The summed E-state index contributed by atoms with van der Waals surface area (Å²) in [7, 11) is -2.49. The van der Waals surface area contributed by atoms with Crippen LogP contribution in [0.2, 0.25) is 0 Å². The molecule has 2 heterocycles. The van der Waals surface area contributed by atoms with Gasteiger partial charge in [-0.25, -0.2) is 13.2 Å². The summed E-state index contributed by atoms with van der Waals surface area (Å²) >= 11 is 0. The van der Waals surface area contributed by atoms with Gasteiger partial charge in [0.05, 0.1) is 24.1 Å². The van der Waals surface area contributed by atoms with Gasteiger partial charge in [0.25, 0.3) is 0 Å². The van der Waals surface area contributed by atoms with E-state index in [1.165, 1.54) is 23.5 Å². The van der Waals surface area contributed by atoms with Crippen LogP contribution in [0.25, 0.3) is 0 Å². The molecular weight excluding hydrogens is 406 g/mol. The fourth-order valence-corrected chi connectivity index (χ4v) is 5.18. The molecule has 2 fully saturated rings. The Labute approximate surface area is 171 Å². The van der Waals surface area contributed by atoms with Crippen LogP contribution in [0.5, 0.6) is 0 Å². The Hall–Kier alpha value is -1.68. The molecule has 156 valence electrons. The molecule has 1 atom stereocenters. The Morgan fingerprint density at radius 1 is 1.29 bits per heavy atom. The van der Waals surface area contributed by atoms with Crippen LogP contribution in [0.1, 0.15) is 28.8 Å². The van der Waals surface area contributed by atoms with Crippen LogP contribution in [-0.4, -0.2) is 75.4 Å². The first-order valence-electron chi connectivity index (χ1n) is 9.04. The molecule has 2 aliphatic rings. The van der Waals surface area contributed by atoms with Crippen molar-refractivity contribution < 1.29 is 22.7 Å². The maximum atomic E-state index is 13.1. The van der Waals surface area contributed by atoms with Gasteiger partial charge in [-0.3, -0.25) is 4.79 Å². The first-order valence-corrected chi connectivity index (χ1v) is 10.5. The number of nitrogens with zero attached hydrogens (tertiary/aromatic N) is 2. The van der Waals surface area contributed by atoms with E-state index in [0.717, 1.165) is 13.0 Å². The lowest BCUT2D eigenvalue weighted by Crippen LogP contribution is -2.57. The monoisotopic (exact) mass is 431 g/mol. The summed E-state index contributed by atoms with van der Waals surface area (Å²) < 4.78 is 32.4. The second-order valence-corrected chi connectivity index (χ2v) is 8.83. The van der Waals surface area contributed by atoms with E-state index >= 15 is 0 Å². The zero-order chi connectivity index (χ0) is 19.6. The van der Waals surface area contributed by atoms with Crippen LogP contribution in [-0.2, 0) is 19.6 Å². The largest absolute Gasteiger partial charge is 0.465 e. The van der Waals surface area contributed by atoms with Crippen molar-refractivity contribution in [1.29, 1.82) is 0 Å². The lowest BCUT2D eigenvalue weighted by atomic mass is 10.1. The maximum absolute atomic E-state index is 13.1. The second kappa shape index (κ2) is 9.21. The third-order valence-electron chi connectivity index (χ3n) is 5.18. The number of amides is 1. The molecule has 0 radical (unpaired) electrons. The number of nitrogens with one attached hydrogen (secondary N) is 1. The number of sulfonamides is 1. The van der Waals surface area contributed by atoms with Crippen LogP contribution in [0, 0.1) is 6.92 Å². The summed E-state index contributed by atoms with van der Waals surface area (Å²) in [5.41, 5.74) is 0.896. The van der Waals surface area contributed by atoms with Crippen molar-refractivity contribution in [3.8, 4) is 0 Å². The Morgan fingerprint density at radius 3 is 2.71 bits per heavy atom. The average Bonchev–Trinajstić information content (AvgIpc) is 2.68. The van der Waals surface area contributed by atoms with Crippen molar-refractivity contribution in [2.45, 2.75) is 30.7 Å². The highest BCUT2D eigenvalue weighted by molar-refractivity contribution is 7.89. The van der Waals surface area contributed by atoms with Gasteiger partial charge in [-0.1, -0.05) is 6.07 Å². The highest BCUT2D eigenvalue weighted by atomic mass is 35.5. The van der Waals surface area contributed by atoms with E-state index in [-0.39, 0.29) is 41.4 Å². The summed E-state index contributed by atoms with van der Waals surface area (Å²) in [5, 5.41) is 3.03. The zero-order valence-corrected chi connectivity index (χ0v) is 17.6. The number of hydrogen-bond donors (Lipinski definition) is 1. The van der Waals surface area contributed by atoms with E-state index in [9.17, 15) is 18.0 Å². The summed E-state index contributed by atoms with van der Waals surface area (Å²) in [5.74, 6) is -0.554. The van der Waals surface area contributed by atoms with Gasteiger partial charge in [-0.2, -0.15) is 4.31 Å². The number of hydrogen-bond acceptors (Lipinski definition) is 6. The van der Waals surface area contributed by atoms with Gasteiger partial charge < -0.3 is 15.0 Å². The molecule has 1 aromatic rings. The Morgan fingerprint density at radius 2 is 2.04 bits per heavy atom. The molecule has 1 aromatic carbocycles. The molecule has 10 heteroatoms. The van der Waals surface area contributed by atoms with Gasteiger partial charge in [-0.15, -0.1) is 12.4 Å². The highest BCUT2D eigenvalue weighted by Crippen LogP contribution is 2.25. The topological polar surface area (TPSA) is 96.0 Å². The van der Waals surface area contributed by atoms with E-state index < -0.39 is 16.0 Å². The molecule has 1 N–H and O–H groups in total. The lowest BCUT2D eigenvalue weighted by molar-refractivity contribution is -0.135. The average molecular weight is 432 g/mol. The van der Waals surface area contributed by atoms with E-state index in [0.29, 0.717) is 31.6 Å². The molecule has 0 aliphatic carbocycles. The van der Waals surface area contributed by atoms with Crippen LogP contribution >= 0.6 is 12.4 Å². The van der Waals surface area contributed by atoms with E-state index in [2.05, 4.69) is 5.32 Å². The Bertz CT molecular complexity index is 846. The van der Waals surface area contributed by atoms with Crippen LogP contribution < -0.4 is 5.32 Å². The number of aryl methyl sites for hydroxylation is 1. The first kappa shape index (κ1) is 22.6. The van der Waals surface area contributed by atoms with Crippen molar-refractivity contribution in [2.75, 3.05) is 39.8 Å². The molecule has 2 saturated heterocycles. The number of carbonyl (C=O) groups excluding carboxylic acids is 2. The standard InChI is InChI=1S/C18H25N3O5S.ClH/c1-13-5-6-15(10-16(13)18(23)26-2)27(24,25)20-8-3-4-14(12-20)21-9-7-19-11-17(21)22;/h5-6,10,14,19H,3-4,7-9,11-12H2,1-2H3;1H. The van der Waals surface area contributed by atoms with Gasteiger partial charge in [-0.05, 0) is 37.5 Å². The number of esters is 1. The summed E-state index contributed by atoms with van der Waals surface area (Å²) in [6, 6.07) is 4.38. The molecule has 1 unspecified atom stereocenters. The number of carbonyl (C=O) groups is 2. The zero-order valence-electron chi connectivity index (χ0n) is 16.0. The van der Waals surface area contributed by atoms with Gasteiger partial charge in [0, 0.05) is 32.2 Å². The summed E-state index contributed by atoms with van der Waals surface area (Å²) in [6.07, 6.45) is 1.48. The third-order valence-corrected chi connectivity index (χ3v) is 7.04. The molecule has 28 heavy (non-hydrogen) atoms. The molecular formula is C18H26ClN3O5S. The third kappa shape index (κ3) is 4.48. The summed E-state index contributed by atoms with van der Waals surface area (Å²) in [4.78, 5) is 25.9. The highest BCUT2D eigenvalue weighted by Gasteiger charge is 2.35. The normalized spacial score (nSPS) is 21.1. The molecule has 8 nitrogen and oxygen atoms in total. The molecule has 0 bridgehead atoms. The van der Waals surface area contributed by atoms with Crippen molar-refractivity contribution in [1.82, 2.24) is 14.5 Å². The predicted molar refractivity (Wildman–Crippen MR) is 106 cm³/mol. The van der Waals surface area contributed by atoms with Crippen molar-refractivity contribution in [2.24, 2.45) is 0 Å². The SMILES string of the molecule is COC(=O)c1cc(S(=O)(=O)N2CCCC(N3CCNCC3=O)C2)ccc1C.Cl. The predicted octanol–water partition coefficient (Wildman–Crippen LogP) is 0.788. The van der Waals surface area contributed by atoms with Gasteiger partial charge in [0.2, 0.25) is 15.9 Å². The number of benzene rings is 1. The number of rotatable bonds is 4. The number of piperazine rings is 1. The van der Waals surface area contributed by atoms with Crippen molar-refractivity contribution in [3.63, 3.8) is 0 Å². The van der Waals surface area contributed by atoms with Crippen LogP contribution in [0.4, 0.5) is 0 Å². The number of methoxy groups -OCH3 is 1. The minimum atomic E-state index is -3.76. The molecule has 0 saturated carbocycles. The maximum Gasteiger partial charge on any atom is 0.338 e. The molecule has 0 aromatic heterocycles. The van der Waals surface area contributed by atoms with Crippen molar-refractivity contribution >= 4 is 34.3 Å². The molecule has 3 rings (SSSR count). The van der Waals surface area contributed by atoms with Gasteiger partial charge in [0.1, 0.15) is 0 Å². The quantitative estimate of drug-likeness (QED) is 0.708. The lowest BCUT2D eigenvalue weighted by Gasteiger charge is -2.40. The molecule has 1 amide bonds. The smallest absolute Gasteiger partial charge is 0.338 e. The molecule has 2 aliphatic heterocycles. The molecule has 0 spiro atoms. The minimum absolute atomic E-state index is 0. The summed E-state index contributed by atoms with van der Waals surface area (Å²) in [6.45, 7) is 4.01. The fourth-order valence-electron chi connectivity index (χ4n) is 3.64. The van der Waals surface area contributed by atoms with E-state index in [4.69, 9.17) is 4.74 Å².